The molecule has 2 aromatic carbocycles. The van der Waals surface area contributed by atoms with Crippen molar-refractivity contribution >= 4 is 18.0 Å². The highest BCUT2D eigenvalue weighted by molar-refractivity contribution is 5.85. The summed E-state index contributed by atoms with van der Waals surface area (Å²) in [6, 6.07) is 15.4. The van der Waals surface area contributed by atoms with Crippen LogP contribution in [0.2, 0.25) is 0 Å². The molecule has 2 aliphatic rings. The largest absolute Gasteiger partial charge is 0.480 e. The second-order valence-electron chi connectivity index (χ2n) is 9.30. The number of rotatable bonds is 9. The third-order valence-corrected chi connectivity index (χ3v) is 7.05. The Bertz CT molecular complexity index is 1040. The SMILES string of the molecule is CC[C@H](C)[C@H](NC(=O)C1COC(CNC(=O)OCC2c3ccccc3-c3ccccc32)C1)C(=O)O. The molecule has 0 spiro atoms. The predicted octanol–water partition coefficient (Wildman–Crippen LogP) is 3.55. The molecule has 0 saturated carbocycles. The molecule has 2 aromatic rings. The first kappa shape index (κ1) is 24.7. The molecule has 4 atom stereocenters. The van der Waals surface area contributed by atoms with E-state index in [2.05, 4.69) is 34.9 Å². The standard InChI is InChI=1S/C27H32N2O6/c1-3-16(2)24(26(31)32)29-25(30)17-12-18(34-14-17)13-28-27(33)35-15-23-21-10-6-4-8-19(21)20-9-5-7-11-22(20)23/h4-11,16-18,23-24H,3,12-15H2,1-2H3,(H,28,33)(H,29,30)(H,31,32)/t16-,17?,18?,24-/m0/s1. The van der Waals surface area contributed by atoms with Crippen molar-refractivity contribution < 1.29 is 29.0 Å². The molecule has 8 heteroatoms. The summed E-state index contributed by atoms with van der Waals surface area (Å²) in [5.41, 5.74) is 4.62. The lowest BCUT2D eigenvalue weighted by Gasteiger charge is -2.21. The van der Waals surface area contributed by atoms with E-state index in [9.17, 15) is 19.5 Å². The van der Waals surface area contributed by atoms with Gasteiger partial charge in [0.15, 0.2) is 0 Å². The number of ether oxygens (including phenoxy) is 2. The van der Waals surface area contributed by atoms with E-state index < -0.39 is 24.0 Å². The molecule has 0 radical (unpaired) electrons. The van der Waals surface area contributed by atoms with Gasteiger partial charge in [0.05, 0.1) is 18.6 Å². The Labute approximate surface area is 205 Å². The molecule has 2 unspecified atom stereocenters. The van der Waals surface area contributed by atoms with Crippen molar-refractivity contribution in [3.63, 3.8) is 0 Å². The van der Waals surface area contributed by atoms with Gasteiger partial charge in [-0.2, -0.15) is 0 Å². The van der Waals surface area contributed by atoms with Crippen LogP contribution in [0.4, 0.5) is 4.79 Å². The molecule has 1 saturated heterocycles. The molecule has 4 rings (SSSR count). The minimum Gasteiger partial charge on any atom is -0.480 e. The van der Waals surface area contributed by atoms with E-state index in [-0.39, 0.29) is 43.6 Å². The van der Waals surface area contributed by atoms with Gasteiger partial charge in [0.1, 0.15) is 12.6 Å². The molecular formula is C27H32N2O6. The number of carbonyl (C=O) groups excluding carboxylic acids is 2. The normalized spacial score (nSPS) is 20.4. The van der Waals surface area contributed by atoms with Crippen LogP contribution in [0, 0.1) is 11.8 Å². The van der Waals surface area contributed by atoms with Gasteiger partial charge in [0.2, 0.25) is 5.91 Å². The fourth-order valence-corrected chi connectivity index (χ4v) is 4.83. The van der Waals surface area contributed by atoms with Gasteiger partial charge in [-0.25, -0.2) is 9.59 Å². The van der Waals surface area contributed by atoms with Gasteiger partial charge in [-0.15, -0.1) is 0 Å². The van der Waals surface area contributed by atoms with Gasteiger partial charge in [0, 0.05) is 12.5 Å². The number of hydrogen-bond donors (Lipinski definition) is 3. The van der Waals surface area contributed by atoms with E-state index in [4.69, 9.17) is 9.47 Å². The first-order chi connectivity index (χ1) is 16.9. The fourth-order valence-electron chi connectivity index (χ4n) is 4.83. The number of hydrogen-bond acceptors (Lipinski definition) is 5. The minimum atomic E-state index is -1.04. The van der Waals surface area contributed by atoms with Crippen LogP contribution in [0.3, 0.4) is 0 Å². The highest BCUT2D eigenvalue weighted by Crippen LogP contribution is 2.44. The maximum atomic E-state index is 12.5. The highest BCUT2D eigenvalue weighted by Gasteiger charge is 2.35. The number of alkyl carbamates (subject to hydrolysis) is 1. The van der Waals surface area contributed by atoms with Gasteiger partial charge >= 0.3 is 12.1 Å². The topological polar surface area (TPSA) is 114 Å². The Balaban J connectivity index is 1.24. The Morgan fingerprint density at radius 3 is 2.31 bits per heavy atom. The average Bonchev–Trinajstić information content (AvgIpc) is 3.47. The molecule has 2 amide bonds. The summed E-state index contributed by atoms with van der Waals surface area (Å²) < 4.78 is 11.2. The van der Waals surface area contributed by atoms with Crippen LogP contribution in [-0.4, -0.2) is 55.0 Å². The molecule has 35 heavy (non-hydrogen) atoms. The Morgan fingerprint density at radius 1 is 1.09 bits per heavy atom. The number of carbonyl (C=O) groups is 3. The summed E-state index contributed by atoms with van der Waals surface area (Å²) in [6.45, 7) is 4.31. The minimum absolute atomic E-state index is 0.0170. The van der Waals surface area contributed by atoms with E-state index >= 15 is 0 Å². The highest BCUT2D eigenvalue weighted by atomic mass is 16.5. The summed E-state index contributed by atoms with van der Waals surface area (Å²) in [4.78, 5) is 36.4. The van der Waals surface area contributed by atoms with Crippen LogP contribution in [0.25, 0.3) is 11.1 Å². The summed E-state index contributed by atoms with van der Waals surface area (Å²) in [5.74, 6) is -2.02. The Hall–Kier alpha value is -3.39. The number of carboxylic acids is 1. The van der Waals surface area contributed by atoms with E-state index in [0.29, 0.717) is 12.8 Å². The molecule has 1 fully saturated rings. The zero-order chi connectivity index (χ0) is 24.9. The number of benzene rings is 2. The van der Waals surface area contributed by atoms with E-state index in [1.807, 2.05) is 31.2 Å². The van der Waals surface area contributed by atoms with Crippen LogP contribution in [0.15, 0.2) is 48.5 Å². The molecule has 1 aliphatic carbocycles. The second-order valence-corrected chi connectivity index (χ2v) is 9.30. The van der Waals surface area contributed by atoms with Crippen molar-refractivity contribution in [1.82, 2.24) is 10.6 Å². The summed E-state index contributed by atoms with van der Waals surface area (Å²) in [7, 11) is 0. The van der Waals surface area contributed by atoms with Gasteiger partial charge in [-0.05, 0) is 34.6 Å². The van der Waals surface area contributed by atoms with Gasteiger partial charge < -0.3 is 25.2 Å². The van der Waals surface area contributed by atoms with E-state index in [1.54, 1.807) is 6.92 Å². The predicted molar refractivity (Wildman–Crippen MR) is 130 cm³/mol. The van der Waals surface area contributed by atoms with Crippen molar-refractivity contribution in [3.05, 3.63) is 59.7 Å². The quantitative estimate of drug-likeness (QED) is 0.506. The lowest BCUT2D eigenvalue weighted by Crippen LogP contribution is -2.47. The van der Waals surface area contributed by atoms with Crippen molar-refractivity contribution in [3.8, 4) is 11.1 Å². The van der Waals surface area contributed by atoms with Crippen molar-refractivity contribution in [1.29, 1.82) is 0 Å². The number of carboxylic acid groups (broad SMARTS) is 1. The number of nitrogens with one attached hydrogen (secondary N) is 2. The number of fused-ring (bicyclic) bond motifs is 3. The van der Waals surface area contributed by atoms with Crippen LogP contribution >= 0.6 is 0 Å². The van der Waals surface area contributed by atoms with Crippen LogP contribution in [-0.2, 0) is 19.1 Å². The van der Waals surface area contributed by atoms with Gasteiger partial charge in [0.25, 0.3) is 0 Å². The molecule has 3 N–H and O–H groups in total. The monoisotopic (exact) mass is 480 g/mol. The van der Waals surface area contributed by atoms with Gasteiger partial charge in [-0.1, -0.05) is 68.8 Å². The first-order valence-corrected chi connectivity index (χ1v) is 12.1. The smallest absolute Gasteiger partial charge is 0.407 e. The van der Waals surface area contributed by atoms with E-state index in [1.165, 1.54) is 11.1 Å². The number of amides is 2. The van der Waals surface area contributed by atoms with Crippen LogP contribution in [0.1, 0.15) is 43.7 Å². The molecular weight excluding hydrogens is 448 g/mol. The van der Waals surface area contributed by atoms with Crippen molar-refractivity contribution in [2.45, 2.75) is 44.8 Å². The summed E-state index contributed by atoms with van der Waals surface area (Å²) >= 11 is 0. The van der Waals surface area contributed by atoms with Gasteiger partial charge in [-0.3, -0.25) is 4.79 Å². The maximum Gasteiger partial charge on any atom is 0.407 e. The van der Waals surface area contributed by atoms with Crippen molar-refractivity contribution in [2.75, 3.05) is 19.8 Å². The third-order valence-electron chi connectivity index (χ3n) is 7.05. The van der Waals surface area contributed by atoms with E-state index in [0.717, 1.165) is 11.1 Å². The molecule has 186 valence electrons. The number of aliphatic carboxylic acids is 1. The Morgan fingerprint density at radius 2 is 1.71 bits per heavy atom. The first-order valence-electron chi connectivity index (χ1n) is 12.1. The zero-order valence-electron chi connectivity index (χ0n) is 20.0. The third kappa shape index (κ3) is 5.48. The van der Waals surface area contributed by atoms with Crippen molar-refractivity contribution in [2.24, 2.45) is 11.8 Å². The second kappa shape index (κ2) is 10.9. The lowest BCUT2D eigenvalue weighted by molar-refractivity contribution is -0.144. The molecule has 0 bridgehead atoms. The zero-order valence-corrected chi connectivity index (χ0v) is 20.0. The molecule has 0 aromatic heterocycles. The lowest BCUT2D eigenvalue weighted by atomic mass is 9.97. The Kier molecular flexibility index (Phi) is 7.70. The maximum absolute atomic E-state index is 12.5. The summed E-state index contributed by atoms with van der Waals surface area (Å²) in [5, 5.41) is 14.8. The average molecular weight is 481 g/mol. The molecule has 8 nitrogen and oxygen atoms in total. The van der Waals surface area contributed by atoms with Crippen LogP contribution in [0.5, 0.6) is 0 Å². The molecule has 1 aliphatic heterocycles. The van der Waals surface area contributed by atoms with Crippen LogP contribution < -0.4 is 10.6 Å². The summed E-state index contributed by atoms with van der Waals surface area (Å²) in [6.07, 6.45) is 0.178. The fraction of sp³-hybridized carbons (Fsp3) is 0.444. The molecule has 1 heterocycles.